The SMILES string of the molecule is COc1ccc(N)nc1-c1ccccc1. The molecule has 3 nitrogen and oxygen atoms in total. The fraction of sp³-hybridized carbons (Fsp3) is 0.0833. The van der Waals surface area contributed by atoms with E-state index in [0.717, 1.165) is 17.0 Å². The van der Waals surface area contributed by atoms with Crippen LogP contribution in [-0.2, 0) is 0 Å². The second-order valence-electron chi connectivity index (χ2n) is 3.15. The van der Waals surface area contributed by atoms with E-state index in [1.807, 2.05) is 36.4 Å². The first-order valence-corrected chi connectivity index (χ1v) is 4.67. The van der Waals surface area contributed by atoms with Crippen LogP contribution in [0.4, 0.5) is 5.82 Å². The van der Waals surface area contributed by atoms with E-state index < -0.39 is 0 Å². The molecule has 0 aliphatic carbocycles. The van der Waals surface area contributed by atoms with Crippen LogP contribution in [0.1, 0.15) is 0 Å². The predicted octanol–water partition coefficient (Wildman–Crippen LogP) is 2.34. The highest BCUT2D eigenvalue weighted by atomic mass is 16.5. The monoisotopic (exact) mass is 200 g/mol. The summed E-state index contributed by atoms with van der Waals surface area (Å²) in [6.07, 6.45) is 0. The highest BCUT2D eigenvalue weighted by Gasteiger charge is 2.06. The second kappa shape index (κ2) is 4.00. The summed E-state index contributed by atoms with van der Waals surface area (Å²) in [5, 5.41) is 0. The lowest BCUT2D eigenvalue weighted by Crippen LogP contribution is -1.95. The summed E-state index contributed by atoms with van der Waals surface area (Å²) in [6, 6.07) is 13.4. The van der Waals surface area contributed by atoms with Crippen LogP contribution in [0.5, 0.6) is 5.75 Å². The smallest absolute Gasteiger partial charge is 0.145 e. The van der Waals surface area contributed by atoms with Crippen molar-refractivity contribution in [3.63, 3.8) is 0 Å². The zero-order valence-corrected chi connectivity index (χ0v) is 8.47. The fourth-order valence-electron chi connectivity index (χ4n) is 1.43. The molecule has 1 aromatic carbocycles. The van der Waals surface area contributed by atoms with Crippen LogP contribution in [-0.4, -0.2) is 12.1 Å². The molecular weight excluding hydrogens is 188 g/mol. The molecule has 1 heterocycles. The minimum atomic E-state index is 0.495. The predicted molar refractivity (Wildman–Crippen MR) is 60.6 cm³/mol. The van der Waals surface area contributed by atoms with Gasteiger partial charge in [-0.2, -0.15) is 0 Å². The van der Waals surface area contributed by atoms with Gasteiger partial charge in [-0.05, 0) is 12.1 Å². The van der Waals surface area contributed by atoms with E-state index in [4.69, 9.17) is 10.5 Å². The summed E-state index contributed by atoms with van der Waals surface area (Å²) < 4.78 is 5.24. The first kappa shape index (κ1) is 9.52. The largest absolute Gasteiger partial charge is 0.494 e. The fourth-order valence-corrected chi connectivity index (χ4v) is 1.43. The van der Waals surface area contributed by atoms with Crippen molar-refractivity contribution in [3.05, 3.63) is 42.5 Å². The molecule has 0 saturated heterocycles. The topological polar surface area (TPSA) is 48.1 Å². The molecule has 2 N–H and O–H groups in total. The number of rotatable bonds is 2. The average molecular weight is 200 g/mol. The minimum absolute atomic E-state index is 0.495. The summed E-state index contributed by atoms with van der Waals surface area (Å²) in [4.78, 5) is 4.27. The maximum absolute atomic E-state index is 5.65. The molecule has 0 aliphatic heterocycles. The highest BCUT2D eigenvalue weighted by molar-refractivity contribution is 5.67. The number of nitrogen functional groups attached to an aromatic ring is 1. The maximum Gasteiger partial charge on any atom is 0.145 e. The molecule has 0 saturated carbocycles. The normalized spacial score (nSPS) is 9.93. The molecule has 2 aromatic rings. The van der Waals surface area contributed by atoms with Crippen molar-refractivity contribution in [1.29, 1.82) is 0 Å². The van der Waals surface area contributed by atoms with Gasteiger partial charge in [0.05, 0.1) is 7.11 Å². The lowest BCUT2D eigenvalue weighted by atomic mass is 10.1. The molecule has 15 heavy (non-hydrogen) atoms. The molecule has 0 radical (unpaired) electrons. The van der Waals surface area contributed by atoms with Crippen LogP contribution >= 0.6 is 0 Å². The van der Waals surface area contributed by atoms with Crippen molar-refractivity contribution >= 4 is 5.82 Å². The molecule has 0 atom stereocenters. The van der Waals surface area contributed by atoms with Crippen molar-refractivity contribution in [3.8, 4) is 17.0 Å². The van der Waals surface area contributed by atoms with E-state index >= 15 is 0 Å². The van der Waals surface area contributed by atoms with Crippen molar-refractivity contribution in [2.24, 2.45) is 0 Å². The Morgan fingerprint density at radius 1 is 1.07 bits per heavy atom. The van der Waals surface area contributed by atoms with Gasteiger partial charge in [-0.3, -0.25) is 0 Å². The third-order valence-corrected chi connectivity index (χ3v) is 2.15. The number of pyridine rings is 1. The van der Waals surface area contributed by atoms with E-state index in [9.17, 15) is 0 Å². The number of methoxy groups -OCH3 is 1. The van der Waals surface area contributed by atoms with E-state index in [2.05, 4.69) is 4.98 Å². The molecule has 0 fully saturated rings. The van der Waals surface area contributed by atoms with Crippen molar-refractivity contribution in [2.45, 2.75) is 0 Å². The van der Waals surface area contributed by atoms with Gasteiger partial charge in [-0.1, -0.05) is 30.3 Å². The molecule has 0 bridgehead atoms. The lowest BCUT2D eigenvalue weighted by Gasteiger charge is -2.07. The Hall–Kier alpha value is -2.03. The van der Waals surface area contributed by atoms with Crippen molar-refractivity contribution in [1.82, 2.24) is 4.98 Å². The Balaban J connectivity index is 2.56. The molecule has 0 spiro atoms. The lowest BCUT2D eigenvalue weighted by molar-refractivity contribution is 0.415. The molecule has 0 aliphatic rings. The molecule has 0 unspecified atom stereocenters. The summed E-state index contributed by atoms with van der Waals surface area (Å²) in [7, 11) is 1.62. The quantitative estimate of drug-likeness (QED) is 0.809. The number of nitrogens with two attached hydrogens (primary N) is 1. The molecule has 0 amide bonds. The number of aromatic nitrogens is 1. The van der Waals surface area contributed by atoms with E-state index in [0.29, 0.717) is 5.82 Å². The Morgan fingerprint density at radius 2 is 1.80 bits per heavy atom. The molecule has 3 heteroatoms. The van der Waals surface area contributed by atoms with E-state index in [1.54, 1.807) is 13.2 Å². The first-order chi connectivity index (χ1) is 7.31. The third kappa shape index (κ3) is 1.91. The van der Waals surface area contributed by atoms with Crippen molar-refractivity contribution in [2.75, 3.05) is 12.8 Å². The Kier molecular flexibility index (Phi) is 2.54. The molecular formula is C12H12N2O. The van der Waals surface area contributed by atoms with Crippen LogP contribution in [0.15, 0.2) is 42.5 Å². The highest BCUT2D eigenvalue weighted by Crippen LogP contribution is 2.28. The third-order valence-electron chi connectivity index (χ3n) is 2.15. The number of hydrogen-bond acceptors (Lipinski definition) is 3. The summed E-state index contributed by atoms with van der Waals surface area (Å²) in [6.45, 7) is 0. The number of benzene rings is 1. The van der Waals surface area contributed by atoms with Crippen LogP contribution in [0, 0.1) is 0 Å². The maximum atomic E-state index is 5.65. The summed E-state index contributed by atoms with van der Waals surface area (Å²) in [5.41, 5.74) is 7.43. The van der Waals surface area contributed by atoms with Crippen LogP contribution in [0.2, 0.25) is 0 Å². The van der Waals surface area contributed by atoms with Crippen molar-refractivity contribution < 1.29 is 4.74 Å². The zero-order valence-electron chi connectivity index (χ0n) is 8.47. The van der Waals surface area contributed by atoms with Gasteiger partial charge in [0.2, 0.25) is 0 Å². The number of nitrogens with zero attached hydrogens (tertiary/aromatic N) is 1. The molecule has 76 valence electrons. The number of hydrogen-bond donors (Lipinski definition) is 1. The number of ether oxygens (including phenoxy) is 1. The Morgan fingerprint density at radius 3 is 2.47 bits per heavy atom. The van der Waals surface area contributed by atoms with Gasteiger partial charge in [-0.25, -0.2) is 4.98 Å². The second-order valence-corrected chi connectivity index (χ2v) is 3.15. The summed E-state index contributed by atoms with van der Waals surface area (Å²) in [5.74, 6) is 1.23. The average Bonchev–Trinajstić information content (AvgIpc) is 2.30. The molecule has 1 aromatic heterocycles. The van der Waals surface area contributed by atoms with Crippen LogP contribution in [0.25, 0.3) is 11.3 Å². The first-order valence-electron chi connectivity index (χ1n) is 4.67. The molecule has 2 rings (SSSR count). The number of anilines is 1. The van der Waals surface area contributed by atoms with Crippen LogP contribution < -0.4 is 10.5 Å². The van der Waals surface area contributed by atoms with Crippen LogP contribution in [0.3, 0.4) is 0 Å². The minimum Gasteiger partial charge on any atom is -0.494 e. The van der Waals surface area contributed by atoms with Gasteiger partial charge >= 0.3 is 0 Å². The van der Waals surface area contributed by atoms with E-state index in [1.165, 1.54) is 0 Å². The van der Waals surface area contributed by atoms with Gasteiger partial charge < -0.3 is 10.5 Å². The van der Waals surface area contributed by atoms with Gasteiger partial charge in [-0.15, -0.1) is 0 Å². The van der Waals surface area contributed by atoms with Gasteiger partial charge in [0, 0.05) is 5.56 Å². The summed E-state index contributed by atoms with van der Waals surface area (Å²) >= 11 is 0. The van der Waals surface area contributed by atoms with E-state index in [-0.39, 0.29) is 0 Å². The Bertz CT molecular complexity index is 454. The van der Waals surface area contributed by atoms with Gasteiger partial charge in [0.1, 0.15) is 17.3 Å². The van der Waals surface area contributed by atoms with Gasteiger partial charge in [0.25, 0.3) is 0 Å². The zero-order chi connectivity index (χ0) is 10.7. The Labute approximate surface area is 88.5 Å². The van der Waals surface area contributed by atoms with Gasteiger partial charge in [0.15, 0.2) is 0 Å². The standard InChI is InChI=1S/C12H12N2O/c1-15-10-7-8-11(13)14-12(10)9-5-3-2-4-6-9/h2-8H,1H3,(H2,13,14).